The summed E-state index contributed by atoms with van der Waals surface area (Å²) >= 11 is 0. The lowest BCUT2D eigenvalue weighted by atomic mass is 10.1. The van der Waals surface area contributed by atoms with E-state index >= 15 is 0 Å². The summed E-state index contributed by atoms with van der Waals surface area (Å²) in [4.78, 5) is 2.38. The van der Waals surface area contributed by atoms with Crippen molar-refractivity contribution < 1.29 is 4.42 Å². The summed E-state index contributed by atoms with van der Waals surface area (Å²) in [5, 5.41) is 7.92. The molecule has 1 aliphatic heterocycles. The molecule has 0 saturated carbocycles. The van der Waals surface area contributed by atoms with E-state index in [1.807, 2.05) is 47.4 Å². The summed E-state index contributed by atoms with van der Waals surface area (Å²) in [6.07, 6.45) is 7.93. The second kappa shape index (κ2) is 7.84. The van der Waals surface area contributed by atoms with Gasteiger partial charge < -0.3 is 14.6 Å². The molecule has 1 unspecified atom stereocenters. The molecule has 1 saturated heterocycles. The van der Waals surface area contributed by atoms with E-state index < -0.39 is 0 Å². The fourth-order valence-electron chi connectivity index (χ4n) is 3.66. The van der Waals surface area contributed by atoms with Crippen LogP contribution in [0.2, 0.25) is 0 Å². The molecule has 27 heavy (non-hydrogen) atoms. The zero-order valence-corrected chi connectivity index (χ0v) is 15.8. The summed E-state index contributed by atoms with van der Waals surface area (Å²) < 4.78 is 7.76. The maximum absolute atomic E-state index is 5.88. The first-order valence-electron chi connectivity index (χ1n) is 9.62. The number of hydrogen-bond acceptors (Lipinski definition) is 4. The molecule has 3 aromatic rings. The van der Waals surface area contributed by atoms with Crippen LogP contribution in [0.5, 0.6) is 0 Å². The molecule has 1 atom stereocenters. The Bertz CT molecular complexity index is 890. The van der Waals surface area contributed by atoms with Gasteiger partial charge in [-0.2, -0.15) is 5.10 Å². The SMILES string of the molecule is C=C(c1cc(-c2cnn(-c3ccccc3)c2)co1)N(CCC)C1CCNC1. The van der Waals surface area contributed by atoms with Crippen molar-refractivity contribution in [3.8, 4) is 16.8 Å². The van der Waals surface area contributed by atoms with Gasteiger partial charge in [0.2, 0.25) is 0 Å². The fourth-order valence-corrected chi connectivity index (χ4v) is 3.66. The van der Waals surface area contributed by atoms with Crippen LogP contribution in [-0.4, -0.2) is 40.4 Å². The van der Waals surface area contributed by atoms with Gasteiger partial charge in [0.1, 0.15) is 5.76 Å². The van der Waals surface area contributed by atoms with Gasteiger partial charge in [-0.05, 0) is 37.6 Å². The number of benzene rings is 1. The molecule has 140 valence electrons. The van der Waals surface area contributed by atoms with E-state index in [0.29, 0.717) is 6.04 Å². The molecule has 4 rings (SSSR count). The zero-order chi connectivity index (χ0) is 18.6. The highest BCUT2D eigenvalue weighted by atomic mass is 16.3. The summed E-state index contributed by atoms with van der Waals surface area (Å²) in [6.45, 7) is 9.61. The van der Waals surface area contributed by atoms with Gasteiger partial charge in [0.25, 0.3) is 0 Å². The zero-order valence-electron chi connectivity index (χ0n) is 15.8. The molecule has 0 spiro atoms. The quantitative estimate of drug-likeness (QED) is 0.685. The second-order valence-electron chi connectivity index (χ2n) is 7.00. The van der Waals surface area contributed by atoms with E-state index in [1.165, 1.54) is 0 Å². The average molecular weight is 362 g/mol. The van der Waals surface area contributed by atoms with Crippen molar-refractivity contribution in [2.75, 3.05) is 19.6 Å². The lowest BCUT2D eigenvalue weighted by Gasteiger charge is -2.31. The minimum atomic E-state index is 0.492. The number of para-hydroxylation sites is 1. The highest BCUT2D eigenvalue weighted by Crippen LogP contribution is 2.29. The number of aromatic nitrogens is 2. The van der Waals surface area contributed by atoms with Crippen molar-refractivity contribution in [1.82, 2.24) is 20.0 Å². The van der Waals surface area contributed by atoms with Crippen LogP contribution in [0.3, 0.4) is 0 Å². The van der Waals surface area contributed by atoms with Crippen LogP contribution in [-0.2, 0) is 0 Å². The number of nitrogens with zero attached hydrogens (tertiary/aromatic N) is 3. The highest BCUT2D eigenvalue weighted by molar-refractivity contribution is 5.68. The van der Waals surface area contributed by atoms with Crippen LogP contribution >= 0.6 is 0 Å². The molecule has 0 radical (unpaired) electrons. The number of hydrogen-bond donors (Lipinski definition) is 1. The Morgan fingerprint density at radius 2 is 2.19 bits per heavy atom. The Hall–Kier alpha value is -2.79. The van der Waals surface area contributed by atoms with Gasteiger partial charge in [0.15, 0.2) is 0 Å². The van der Waals surface area contributed by atoms with Gasteiger partial charge in [0.05, 0.1) is 23.8 Å². The smallest absolute Gasteiger partial charge is 0.149 e. The minimum absolute atomic E-state index is 0.492. The minimum Gasteiger partial charge on any atom is -0.462 e. The summed E-state index contributed by atoms with van der Waals surface area (Å²) in [6, 6.07) is 12.7. The molecule has 3 heterocycles. The monoisotopic (exact) mass is 362 g/mol. The van der Waals surface area contributed by atoms with Gasteiger partial charge in [0, 0.05) is 36.5 Å². The molecular formula is C22H26N4O. The number of nitrogens with one attached hydrogen (secondary N) is 1. The predicted octanol–water partition coefficient (Wildman–Crippen LogP) is 4.18. The lowest BCUT2D eigenvalue weighted by molar-refractivity contribution is 0.304. The van der Waals surface area contributed by atoms with Crippen molar-refractivity contribution in [2.45, 2.75) is 25.8 Å². The lowest BCUT2D eigenvalue weighted by Crippen LogP contribution is -2.35. The summed E-state index contributed by atoms with van der Waals surface area (Å²) in [5.74, 6) is 0.831. The van der Waals surface area contributed by atoms with Gasteiger partial charge in [-0.3, -0.25) is 0 Å². The molecule has 0 amide bonds. The van der Waals surface area contributed by atoms with E-state index in [2.05, 4.69) is 34.9 Å². The van der Waals surface area contributed by atoms with Crippen LogP contribution < -0.4 is 5.32 Å². The van der Waals surface area contributed by atoms with Gasteiger partial charge >= 0.3 is 0 Å². The Morgan fingerprint density at radius 1 is 1.33 bits per heavy atom. The number of rotatable bonds is 7. The Balaban J connectivity index is 1.54. The molecule has 1 aliphatic rings. The molecule has 0 aliphatic carbocycles. The van der Waals surface area contributed by atoms with E-state index in [0.717, 1.165) is 60.7 Å². The average Bonchev–Trinajstić information content (AvgIpc) is 3.47. The van der Waals surface area contributed by atoms with Crippen LogP contribution in [0, 0.1) is 0 Å². The third kappa shape index (κ3) is 3.69. The van der Waals surface area contributed by atoms with Gasteiger partial charge in [-0.15, -0.1) is 0 Å². The molecule has 1 N–H and O–H groups in total. The molecule has 5 heteroatoms. The van der Waals surface area contributed by atoms with Gasteiger partial charge in [-0.25, -0.2) is 4.68 Å². The van der Waals surface area contributed by atoms with Crippen LogP contribution in [0.1, 0.15) is 25.5 Å². The molecule has 2 aromatic heterocycles. The highest BCUT2D eigenvalue weighted by Gasteiger charge is 2.24. The second-order valence-corrected chi connectivity index (χ2v) is 7.00. The van der Waals surface area contributed by atoms with Crippen LogP contribution in [0.4, 0.5) is 0 Å². The molecule has 1 aromatic carbocycles. The van der Waals surface area contributed by atoms with Crippen molar-refractivity contribution in [3.05, 3.63) is 67.4 Å². The van der Waals surface area contributed by atoms with Gasteiger partial charge in [-0.1, -0.05) is 31.7 Å². The molecule has 0 bridgehead atoms. The van der Waals surface area contributed by atoms with E-state index in [-0.39, 0.29) is 0 Å². The third-order valence-corrected chi connectivity index (χ3v) is 5.11. The maximum Gasteiger partial charge on any atom is 0.149 e. The Morgan fingerprint density at radius 3 is 2.93 bits per heavy atom. The first kappa shape index (κ1) is 17.6. The largest absolute Gasteiger partial charge is 0.462 e. The van der Waals surface area contributed by atoms with Crippen molar-refractivity contribution in [1.29, 1.82) is 0 Å². The standard InChI is InChI=1S/C22H26N4O/c1-3-11-25(21-9-10-23-14-21)17(2)22-12-18(16-27-22)19-13-24-26(15-19)20-7-5-4-6-8-20/h4-8,12-13,15-16,21,23H,2-3,9-11,14H2,1H3. The topological polar surface area (TPSA) is 46.2 Å². The van der Waals surface area contributed by atoms with Crippen molar-refractivity contribution in [2.24, 2.45) is 0 Å². The van der Waals surface area contributed by atoms with Crippen LogP contribution in [0.25, 0.3) is 22.5 Å². The van der Waals surface area contributed by atoms with E-state index in [1.54, 1.807) is 6.26 Å². The van der Waals surface area contributed by atoms with Crippen LogP contribution in [0.15, 0.2) is 66.1 Å². The van der Waals surface area contributed by atoms with E-state index in [9.17, 15) is 0 Å². The summed E-state index contributed by atoms with van der Waals surface area (Å²) in [7, 11) is 0. The fraction of sp³-hybridized carbons (Fsp3) is 0.318. The first-order chi connectivity index (χ1) is 13.3. The summed E-state index contributed by atoms with van der Waals surface area (Å²) in [5.41, 5.74) is 4.06. The van der Waals surface area contributed by atoms with E-state index in [4.69, 9.17) is 4.42 Å². The Labute approximate surface area is 160 Å². The van der Waals surface area contributed by atoms with Crippen molar-refractivity contribution >= 4 is 5.70 Å². The Kier molecular flexibility index (Phi) is 5.12. The molecular weight excluding hydrogens is 336 g/mol. The number of furan rings is 1. The third-order valence-electron chi connectivity index (χ3n) is 5.11. The first-order valence-corrected chi connectivity index (χ1v) is 9.62. The molecule has 5 nitrogen and oxygen atoms in total. The van der Waals surface area contributed by atoms with Crippen molar-refractivity contribution in [3.63, 3.8) is 0 Å². The predicted molar refractivity (Wildman–Crippen MR) is 109 cm³/mol. The normalized spacial score (nSPS) is 16.6. The molecule has 1 fully saturated rings. The maximum atomic E-state index is 5.88.